The van der Waals surface area contributed by atoms with Crippen LogP contribution in [-0.4, -0.2) is 35.1 Å². The van der Waals surface area contributed by atoms with Crippen LogP contribution in [0.2, 0.25) is 0 Å². The summed E-state index contributed by atoms with van der Waals surface area (Å²) in [5.41, 5.74) is 0. The third-order valence-corrected chi connectivity index (χ3v) is 3.18. The van der Waals surface area contributed by atoms with Crippen LogP contribution in [0.25, 0.3) is 0 Å². The quantitative estimate of drug-likeness (QED) is 0.622. The van der Waals surface area contributed by atoms with Gasteiger partial charge < -0.3 is 4.90 Å². The SMILES string of the molecule is O=C1CCN(C2CCCCC2(F)F)C1=O. The molecule has 1 unspecified atom stereocenters. The maximum Gasteiger partial charge on any atom is 0.290 e. The van der Waals surface area contributed by atoms with E-state index in [2.05, 4.69) is 0 Å². The molecule has 0 spiro atoms. The highest BCUT2D eigenvalue weighted by Gasteiger charge is 2.48. The highest BCUT2D eigenvalue weighted by molar-refractivity contribution is 6.37. The molecule has 0 bridgehead atoms. The van der Waals surface area contributed by atoms with Gasteiger partial charge in [0.05, 0.1) is 6.04 Å². The number of Topliss-reactive ketones (excluding diaryl/α,β-unsaturated/α-hetero) is 1. The first kappa shape index (κ1) is 10.5. The highest BCUT2D eigenvalue weighted by atomic mass is 19.3. The summed E-state index contributed by atoms with van der Waals surface area (Å²) in [4.78, 5) is 23.4. The number of carbonyl (C=O) groups is 2. The van der Waals surface area contributed by atoms with Crippen LogP contribution in [0.3, 0.4) is 0 Å². The summed E-state index contributed by atoms with van der Waals surface area (Å²) < 4.78 is 27.0. The lowest BCUT2D eigenvalue weighted by molar-refractivity contribution is -0.151. The van der Waals surface area contributed by atoms with Crippen LogP contribution in [-0.2, 0) is 9.59 Å². The van der Waals surface area contributed by atoms with Crippen LogP contribution in [0.1, 0.15) is 32.1 Å². The average Bonchev–Trinajstić information content (AvgIpc) is 2.48. The minimum Gasteiger partial charge on any atom is -0.327 e. The fourth-order valence-electron chi connectivity index (χ4n) is 2.35. The molecule has 1 amide bonds. The fourth-order valence-corrected chi connectivity index (χ4v) is 2.35. The Labute approximate surface area is 86.4 Å². The molecule has 1 aliphatic carbocycles. The zero-order valence-electron chi connectivity index (χ0n) is 8.34. The van der Waals surface area contributed by atoms with E-state index < -0.39 is 23.7 Å². The van der Waals surface area contributed by atoms with Gasteiger partial charge in [-0.3, -0.25) is 9.59 Å². The average molecular weight is 217 g/mol. The van der Waals surface area contributed by atoms with Crippen molar-refractivity contribution in [1.29, 1.82) is 0 Å². The predicted octanol–water partition coefficient (Wildman–Crippen LogP) is 1.37. The number of rotatable bonds is 1. The maximum atomic E-state index is 13.5. The summed E-state index contributed by atoms with van der Waals surface area (Å²) in [5.74, 6) is -4.07. The topological polar surface area (TPSA) is 37.4 Å². The van der Waals surface area contributed by atoms with E-state index in [1.165, 1.54) is 0 Å². The second kappa shape index (κ2) is 3.54. The van der Waals surface area contributed by atoms with Crippen molar-refractivity contribution >= 4 is 11.7 Å². The zero-order chi connectivity index (χ0) is 11.1. The van der Waals surface area contributed by atoms with E-state index >= 15 is 0 Å². The molecular formula is C10H13F2NO2. The van der Waals surface area contributed by atoms with E-state index in [0.29, 0.717) is 19.3 Å². The van der Waals surface area contributed by atoms with E-state index in [-0.39, 0.29) is 19.4 Å². The Balaban J connectivity index is 2.15. The Bertz CT molecular complexity index is 304. The van der Waals surface area contributed by atoms with Gasteiger partial charge in [0, 0.05) is 19.4 Å². The molecule has 84 valence electrons. The van der Waals surface area contributed by atoms with Crippen LogP contribution in [0.15, 0.2) is 0 Å². The number of likely N-dealkylation sites (tertiary alicyclic amines) is 1. The molecule has 15 heavy (non-hydrogen) atoms. The first-order valence-electron chi connectivity index (χ1n) is 5.24. The second-order valence-electron chi connectivity index (χ2n) is 4.19. The summed E-state index contributed by atoms with van der Waals surface area (Å²) in [6.45, 7) is 0.165. The van der Waals surface area contributed by atoms with Crippen LogP contribution in [0, 0.1) is 0 Å². The maximum absolute atomic E-state index is 13.5. The Morgan fingerprint density at radius 3 is 2.53 bits per heavy atom. The number of hydrogen-bond acceptors (Lipinski definition) is 2. The van der Waals surface area contributed by atoms with Crippen molar-refractivity contribution in [3.8, 4) is 0 Å². The Hall–Kier alpha value is -1.00. The van der Waals surface area contributed by atoms with Gasteiger partial charge in [-0.25, -0.2) is 8.78 Å². The third-order valence-electron chi connectivity index (χ3n) is 3.18. The van der Waals surface area contributed by atoms with Crippen molar-refractivity contribution in [2.24, 2.45) is 0 Å². The van der Waals surface area contributed by atoms with Crippen molar-refractivity contribution in [3.05, 3.63) is 0 Å². The van der Waals surface area contributed by atoms with Gasteiger partial charge in [0.25, 0.3) is 11.8 Å². The van der Waals surface area contributed by atoms with E-state index in [1.54, 1.807) is 0 Å². The Morgan fingerprint density at radius 1 is 1.27 bits per heavy atom. The minimum atomic E-state index is -2.82. The zero-order valence-corrected chi connectivity index (χ0v) is 8.34. The van der Waals surface area contributed by atoms with Crippen molar-refractivity contribution in [3.63, 3.8) is 0 Å². The number of ketones is 1. The molecule has 2 fully saturated rings. The lowest BCUT2D eigenvalue weighted by atomic mass is 9.90. The fraction of sp³-hybridized carbons (Fsp3) is 0.800. The number of hydrogen-bond donors (Lipinski definition) is 0. The van der Waals surface area contributed by atoms with Gasteiger partial charge in [-0.1, -0.05) is 6.42 Å². The monoisotopic (exact) mass is 217 g/mol. The van der Waals surface area contributed by atoms with Gasteiger partial charge in [-0.05, 0) is 12.8 Å². The standard InChI is InChI=1S/C10H13F2NO2/c11-10(12)5-2-1-3-8(10)13-6-4-7(14)9(13)15/h8H,1-6H2. The van der Waals surface area contributed by atoms with Crippen molar-refractivity contribution in [1.82, 2.24) is 4.90 Å². The summed E-state index contributed by atoms with van der Waals surface area (Å²) in [6.07, 6.45) is 1.44. The predicted molar refractivity (Wildman–Crippen MR) is 48.5 cm³/mol. The molecule has 2 aliphatic rings. The van der Waals surface area contributed by atoms with Gasteiger partial charge in [0.2, 0.25) is 5.78 Å². The molecule has 0 aromatic heterocycles. The molecular weight excluding hydrogens is 204 g/mol. The van der Waals surface area contributed by atoms with Crippen LogP contribution in [0.4, 0.5) is 8.78 Å². The van der Waals surface area contributed by atoms with Gasteiger partial charge in [-0.2, -0.15) is 0 Å². The molecule has 2 rings (SSSR count). The molecule has 1 heterocycles. The first-order chi connectivity index (χ1) is 7.02. The van der Waals surface area contributed by atoms with E-state index in [1.807, 2.05) is 0 Å². The van der Waals surface area contributed by atoms with Crippen molar-refractivity contribution in [2.45, 2.75) is 44.1 Å². The molecule has 0 aromatic carbocycles. The van der Waals surface area contributed by atoms with Gasteiger partial charge >= 0.3 is 0 Å². The van der Waals surface area contributed by atoms with Gasteiger partial charge in [0.1, 0.15) is 0 Å². The van der Waals surface area contributed by atoms with Gasteiger partial charge in [0.15, 0.2) is 0 Å². The number of carbonyl (C=O) groups excluding carboxylic acids is 2. The third kappa shape index (κ3) is 1.75. The Kier molecular flexibility index (Phi) is 2.48. The number of alkyl halides is 2. The summed E-state index contributed by atoms with van der Waals surface area (Å²) in [6, 6.07) is -1.05. The summed E-state index contributed by atoms with van der Waals surface area (Å²) >= 11 is 0. The van der Waals surface area contributed by atoms with Crippen LogP contribution in [0.5, 0.6) is 0 Å². The largest absolute Gasteiger partial charge is 0.327 e. The van der Waals surface area contributed by atoms with Crippen molar-refractivity contribution < 1.29 is 18.4 Å². The normalized spacial score (nSPS) is 31.1. The van der Waals surface area contributed by atoms with Crippen molar-refractivity contribution in [2.75, 3.05) is 6.54 Å². The van der Waals surface area contributed by atoms with Gasteiger partial charge in [-0.15, -0.1) is 0 Å². The molecule has 1 atom stereocenters. The number of halogens is 2. The minimum absolute atomic E-state index is 0.0887. The molecule has 3 nitrogen and oxygen atoms in total. The molecule has 5 heteroatoms. The second-order valence-corrected chi connectivity index (χ2v) is 4.19. The van der Waals surface area contributed by atoms with E-state index in [0.717, 1.165) is 4.90 Å². The summed E-state index contributed by atoms with van der Waals surface area (Å²) in [5, 5.41) is 0. The number of amides is 1. The highest BCUT2D eigenvalue weighted by Crippen LogP contribution is 2.37. The number of nitrogens with zero attached hydrogens (tertiary/aromatic N) is 1. The lowest BCUT2D eigenvalue weighted by Gasteiger charge is -2.37. The summed E-state index contributed by atoms with van der Waals surface area (Å²) in [7, 11) is 0. The van der Waals surface area contributed by atoms with E-state index in [9.17, 15) is 18.4 Å². The lowest BCUT2D eigenvalue weighted by Crippen LogP contribution is -2.50. The Morgan fingerprint density at radius 2 is 2.00 bits per heavy atom. The van der Waals surface area contributed by atoms with Crippen LogP contribution < -0.4 is 0 Å². The first-order valence-corrected chi connectivity index (χ1v) is 5.24. The molecule has 1 saturated carbocycles. The molecule has 0 radical (unpaired) electrons. The van der Waals surface area contributed by atoms with E-state index in [4.69, 9.17) is 0 Å². The molecule has 0 aromatic rings. The van der Waals surface area contributed by atoms with Crippen LogP contribution >= 0.6 is 0 Å². The molecule has 0 N–H and O–H groups in total. The smallest absolute Gasteiger partial charge is 0.290 e. The molecule has 1 saturated heterocycles. The molecule has 1 aliphatic heterocycles.